The van der Waals surface area contributed by atoms with Gasteiger partial charge in [-0.25, -0.2) is 13.4 Å². The lowest BCUT2D eigenvalue weighted by Crippen LogP contribution is -2.52. The van der Waals surface area contributed by atoms with Crippen LogP contribution in [0.1, 0.15) is 5.56 Å². The number of benzene rings is 1. The van der Waals surface area contributed by atoms with E-state index in [1.807, 2.05) is 12.1 Å². The maximum Gasteiger partial charge on any atom is 0.181 e. The molecule has 0 amide bonds. The summed E-state index contributed by atoms with van der Waals surface area (Å²) in [6.07, 6.45) is 3.36. The standard InChI is InChI=1S/C19H28N6O2S/c1-22-13-17-18(23(2)14-22)21-19(24-10-8-20-9-11-24)25(17)12-15-4-6-16(7-5-15)28(3,26)27/h4-7,13,19-20H,8-12,14H2,1-3H3. The highest BCUT2D eigenvalue weighted by Gasteiger charge is 2.38. The molecule has 3 heterocycles. The quantitative estimate of drug-likeness (QED) is 0.767. The molecule has 0 radical (unpaired) electrons. The Bertz CT molecular complexity index is 890. The van der Waals surface area contributed by atoms with Crippen molar-refractivity contribution in [2.24, 2.45) is 4.99 Å². The molecular weight excluding hydrogens is 376 g/mol. The molecule has 1 N–H and O–H groups in total. The van der Waals surface area contributed by atoms with Crippen molar-refractivity contribution in [1.29, 1.82) is 0 Å². The normalized spacial score (nSPS) is 23.5. The maximum absolute atomic E-state index is 11.7. The third kappa shape index (κ3) is 3.74. The lowest BCUT2D eigenvalue weighted by Gasteiger charge is -2.38. The molecule has 1 fully saturated rings. The molecule has 0 saturated carbocycles. The highest BCUT2D eigenvalue weighted by Crippen LogP contribution is 2.30. The molecular formula is C19H28N6O2S. The summed E-state index contributed by atoms with van der Waals surface area (Å²) >= 11 is 0. The van der Waals surface area contributed by atoms with E-state index in [0.29, 0.717) is 11.4 Å². The van der Waals surface area contributed by atoms with E-state index in [-0.39, 0.29) is 6.29 Å². The Morgan fingerprint density at radius 1 is 1.14 bits per heavy atom. The SMILES string of the molecule is CN1C=C2C(=NC(N3CCNCC3)N2Cc2ccc(S(C)(=O)=O)cc2)N(C)C1. The summed E-state index contributed by atoms with van der Waals surface area (Å²) in [6, 6.07) is 7.19. The van der Waals surface area contributed by atoms with Crippen LogP contribution in [-0.2, 0) is 16.4 Å². The molecule has 3 aliphatic rings. The van der Waals surface area contributed by atoms with Crippen molar-refractivity contribution in [3.8, 4) is 0 Å². The van der Waals surface area contributed by atoms with E-state index < -0.39 is 9.84 Å². The van der Waals surface area contributed by atoms with Gasteiger partial charge < -0.3 is 20.0 Å². The number of nitrogens with one attached hydrogen (secondary N) is 1. The molecule has 1 atom stereocenters. The van der Waals surface area contributed by atoms with Crippen LogP contribution in [-0.4, -0.2) is 93.3 Å². The average molecular weight is 405 g/mol. The zero-order valence-corrected chi connectivity index (χ0v) is 17.5. The van der Waals surface area contributed by atoms with Gasteiger partial charge in [-0.3, -0.25) is 4.90 Å². The summed E-state index contributed by atoms with van der Waals surface area (Å²) < 4.78 is 23.5. The molecule has 1 unspecified atom stereocenters. The highest BCUT2D eigenvalue weighted by atomic mass is 32.2. The first kappa shape index (κ1) is 19.2. The van der Waals surface area contributed by atoms with Crippen LogP contribution in [0.4, 0.5) is 0 Å². The van der Waals surface area contributed by atoms with Crippen molar-refractivity contribution in [3.63, 3.8) is 0 Å². The van der Waals surface area contributed by atoms with E-state index in [1.54, 1.807) is 12.1 Å². The molecule has 1 aromatic rings. The summed E-state index contributed by atoms with van der Waals surface area (Å²) in [5.41, 5.74) is 2.19. The van der Waals surface area contributed by atoms with E-state index in [4.69, 9.17) is 4.99 Å². The Balaban J connectivity index is 1.63. The summed E-state index contributed by atoms with van der Waals surface area (Å²) in [6.45, 7) is 5.34. The smallest absolute Gasteiger partial charge is 0.181 e. The second-order valence-electron chi connectivity index (χ2n) is 7.74. The molecule has 8 nitrogen and oxygen atoms in total. The zero-order chi connectivity index (χ0) is 19.9. The predicted molar refractivity (Wildman–Crippen MR) is 109 cm³/mol. The molecule has 0 bridgehead atoms. The first-order valence-corrected chi connectivity index (χ1v) is 11.4. The van der Waals surface area contributed by atoms with Gasteiger partial charge in [-0.1, -0.05) is 12.1 Å². The number of piperazine rings is 1. The topological polar surface area (TPSA) is 71.5 Å². The largest absolute Gasteiger partial charge is 0.361 e. The fraction of sp³-hybridized carbons (Fsp3) is 0.526. The molecule has 152 valence electrons. The second-order valence-corrected chi connectivity index (χ2v) is 9.76. The van der Waals surface area contributed by atoms with Crippen LogP contribution in [0.5, 0.6) is 0 Å². The van der Waals surface area contributed by atoms with Crippen LogP contribution in [0.25, 0.3) is 0 Å². The number of fused-ring (bicyclic) bond motifs is 1. The van der Waals surface area contributed by atoms with Crippen molar-refractivity contribution in [2.75, 3.05) is 53.2 Å². The number of hydrogen-bond donors (Lipinski definition) is 1. The first-order valence-electron chi connectivity index (χ1n) is 9.55. The van der Waals surface area contributed by atoms with Gasteiger partial charge in [-0.15, -0.1) is 0 Å². The van der Waals surface area contributed by atoms with E-state index in [1.165, 1.54) is 6.26 Å². The van der Waals surface area contributed by atoms with Crippen molar-refractivity contribution in [3.05, 3.63) is 41.7 Å². The van der Waals surface area contributed by atoms with Crippen LogP contribution in [0, 0.1) is 0 Å². The Hall–Kier alpha value is -2.10. The monoisotopic (exact) mass is 404 g/mol. The van der Waals surface area contributed by atoms with Gasteiger partial charge in [0.1, 0.15) is 0 Å². The molecule has 4 rings (SSSR count). The Kier molecular flexibility index (Phi) is 5.07. The lowest BCUT2D eigenvalue weighted by molar-refractivity contribution is 0.0701. The van der Waals surface area contributed by atoms with Crippen LogP contribution in [0.2, 0.25) is 0 Å². The third-order valence-corrected chi connectivity index (χ3v) is 6.51. The zero-order valence-electron chi connectivity index (χ0n) is 16.7. The Morgan fingerprint density at radius 3 is 2.46 bits per heavy atom. The summed E-state index contributed by atoms with van der Waals surface area (Å²) in [4.78, 5) is 14.5. The Morgan fingerprint density at radius 2 is 1.82 bits per heavy atom. The second kappa shape index (κ2) is 7.38. The molecule has 9 heteroatoms. The number of aliphatic imine (C=N–C) groups is 1. The third-order valence-electron chi connectivity index (χ3n) is 5.38. The van der Waals surface area contributed by atoms with E-state index >= 15 is 0 Å². The van der Waals surface area contributed by atoms with Gasteiger partial charge >= 0.3 is 0 Å². The van der Waals surface area contributed by atoms with Gasteiger partial charge in [0.15, 0.2) is 22.0 Å². The number of nitrogens with zero attached hydrogens (tertiary/aromatic N) is 5. The van der Waals surface area contributed by atoms with Crippen LogP contribution in [0.15, 0.2) is 46.1 Å². The van der Waals surface area contributed by atoms with Crippen molar-refractivity contribution >= 4 is 15.7 Å². The van der Waals surface area contributed by atoms with Gasteiger partial charge in [0.25, 0.3) is 0 Å². The maximum atomic E-state index is 11.7. The molecule has 1 aromatic carbocycles. The first-order chi connectivity index (χ1) is 13.3. The van der Waals surface area contributed by atoms with Gasteiger partial charge in [-0.05, 0) is 17.7 Å². The molecule has 0 aliphatic carbocycles. The summed E-state index contributed by atoms with van der Waals surface area (Å²) in [5, 5.41) is 3.40. The fourth-order valence-electron chi connectivity index (χ4n) is 3.97. The molecule has 0 aromatic heterocycles. The molecule has 28 heavy (non-hydrogen) atoms. The van der Waals surface area contributed by atoms with E-state index in [0.717, 1.165) is 49.9 Å². The number of rotatable bonds is 4. The summed E-state index contributed by atoms with van der Waals surface area (Å²) in [7, 11) is 0.953. The molecule has 3 aliphatic heterocycles. The lowest BCUT2D eigenvalue weighted by atomic mass is 10.2. The van der Waals surface area contributed by atoms with E-state index in [9.17, 15) is 8.42 Å². The molecule has 0 spiro atoms. The van der Waals surface area contributed by atoms with Crippen LogP contribution < -0.4 is 5.32 Å². The van der Waals surface area contributed by atoms with E-state index in [2.05, 4.69) is 45.2 Å². The number of sulfone groups is 1. The van der Waals surface area contributed by atoms with Crippen molar-refractivity contribution in [2.45, 2.75) is 17.7 Å². The minimum atomic E-state index is -3.18. The average Bonchev–Trinajstić information content (AvgIpc) is 3.01. The molecule has 1 saturated heterocycles. The highest BCUT2D eigenvalue weighted by molar-refractivity contribution is 7.90. The minimum absolute atomic E-state index is 0.0353. The Labute approximate surface area is 167 Å². The van der Waals surface area contributed by atoms with Crippen LogP contribution >= 0.6 is 0 Å². The predicted octanol–water partition coefficient (Wildman–Crippen LogP) is 0.169. The van der Waals surface area contributed by atoms with Crippen molar-refractivity contribution in [1.82, 2.24) is 24.9 Å². The van der Waals surface area contributed by atoms with Crippen molar-refractivity contribution < 1.29 is 8.42 Å². The number of likely N-dealkylation sites (N-methyl/N-ethyl adjacent to an activating group) is 1. The van der Waals surface area contributed by atoms with Gasteiger partial charge in [-0.2, -0.15) is 0 Å². The number of hydrogen-bond acceptors (Lipinski definition) is 8. The van der Waals surface area contributed by atoms with Gasteiger partial charge in [0.05, 0.1) is 17.3 Å². The summed E-state index contributed by atoms with van der Waals surface area (Å²) in [5.74, 6) is 1.02. The minimum Gasteiger partial charge on any atom is -0.361 e. The van der Waals surface area contributed by atoms with Crippen LogP contribution in [0.3, 0.4) is 0 Å². The fourth-order valence-corrected chi connectivity index (χ4v) is 4.60. The van der Waals surface area contributed by atoms with Gasteiger partial charge in [0.2, 0.25) is 0 Å². The van der Waals surface area contributed by atoms with Gasteiger partial charge in [0, 0.05) is 59.3 Å². The number of amidine groups is 1.